The van der Waals surface area contributed by atoms with Crippen molar-refractivity contribution in [2.45, 2.75) is 6.92 Å². The van der Waals surface area contributed by atoms with Crippen LogP contribution in [-0.2, 0) is 0 Å². The lowest BCUT2D eigenvalue weighted by molar-refractivity contribution is 1.11. The molecular weight excluding hydrogens is 304 g/mol. The fourth-order valence-electron chi connectivity index (χ4n) is 1.94. The summed E-state index contributed by atoms with van der Waals surface area (Å²) in [6, 6.07) is 11.7. The van der Waals surface area contributed by atoms with Gasteiger partial charge in [0.2, 0.25) is 0 Å². The standard InChI is InChI=1S/C14H9BrN4/c1-9-6-11(3-4-12(9)15)14-18-17-13-5-2-10(7-16)8-19(13)14/h2-6,8H,1H3. The van der Waals surface area contributed by atoms with Crippen LogP contribution < -0.4 is 0 Å². The average molecular weight is 313 g/mol. The van der Waals surface area contributed by atoms with Crippen LogP contribution in [0.15, 0.2) is 41.0 Å². The Kier molecular flexibility index (Phi) is 2.80. The van der Waals surface area contributed by atoms with Gasteiger partial charge in [-0.25, -0.2) is 0 Å². The zero-order valence-electron chi connectivity index (χ0n) is 10.1. The van der Waals surface area contributed by atoms with Crippen molar-refractivity contribution in [2.75, 3.05) is 0 Å². The highest BCUT2D eigenvalue weighted by Gasteiger charge is 2.09. The van der Waals surface area contributed by atoms with Crippen molar-refractivity contribution < 1.29 is 0 Å². The zero-order chi connectivity index (χ0) is 13.4. The van der Waals surface area contributed by atoms with Crippen molar-refractivity contribution in [2.24, 2.45) is 0 Å². The van der Waals surface area contributed by atoms with Crippen molar-refractivity contribution in [3.8, 4) is 17.5 Å². The van der Waals surface area contributed by atoms with Crippen LogP contribution in [-0.4, -0.2) is 14.6 Å². The van der Waals surface area contributed by atoms with E-state index in [1.807, 2.05) is 29.5 Å². The molecule has 0 fully saturated rings. The minimum Gasteiger partial charge on any atom is -0.281 e. The van der Waals surface area contributed by atoms with Gasteiger partial charge < -0.3 is 0 Å². The van der Waals surface area contributed by atoms with Crippen molar-refractivity contribution in [3.05, 3.63) is 52.1 Å². The van der Waals surface area contributed by atoms with E-state index in [2.05, 4.69) is 32.2 Å². The molecule has 5 heteroatoms. The van der Waals surface area contributed by atoms with Gasteiger partial charge in [0.15, 0.2) is 11.5 Å². The number of halogens is 1. The lowest BCUT2D eigenvalue weighted by Gasteiger charge is -2.03. The Labute approximate surface area is 118 Å². The van der Waals surface area contributed by atoms with E-state index in [0.717, 1.165) is 27.1 Å². The van der Waals surface area contributed by atoms with Crippen LogP contribution in [0.1, 0.15) is 11.1 Å². The van der Waals surface area contributed by atoms with Gasteiger partial charge >= 0.3 is 0 Å². The van der Waals surface area contributed by atoms with E-state index in [0.29, 0.717) is 5.56 Å². The largest absolute Gasteiger partial charge is 0.281 e. The molecule has 0 bridgehead atoms. The van der Waals surface area contributed by atoms with E-state index >= 15 is 0 Å². The molecule has 0 saturated carbocycles. The monoisotopic (exact) mass is 312 g/mol. The molecule has 3 aromatic rings. The molecule has 19 heavy (non-hydrogen) atoms. The third-order valence-corrected chi connectivity index (χ3v) is 3.84. The summed E-state index contributed by atoms with van der Waals surface area (Å²) in [6.07, 6.45) is 1.75. The summed E-state index contributed by atoms with van der Waals surface area (Å²) in [5, 5.41) is 17.3. The Morgan fingerprint density at radius 1 is 1.21 bits per heavy atom. The van der Waals surface area contributed by atoms with E-state index < -0.39 is 0 Å². The minimum absolute atomic E-state index is 0.586. The molecule has 2 aromatic heterocycles. The number of hydrogen-bond acceptors (Lipinski definition) is 3. The second kappa shape index (κ2) is 4.48. The maximum Gasteiger partial charge on any atom is 0.168 e. The van der Waals surface area contributed by atoms with Crippen LogP contribution in [0.3, 0.4) is 0 Å². The molecule has 92 valence electrons. The van der Waals surface area contributed by atoms with E-state index in [1.54, 1.807) is 18.3 Å². The summed E-state index contributed by atoms with van der Waals surface area (Å²) < 4.78 is 2.89. The second-order valence-corrected chi connectivity index (χ2v) is 5.10. The van der Waals surface area contributed by atoms with Crippen LogP contribution in [0.2, 0.25) is 0 Å². The molecule has 0 amide bonds. The molecule has 0 saturated heterocycles. The zero-order valence-corrected chi connectivity index (χ0v) is 11.7. The SMILES string of the molecule is Cc1cc(-c2nnc3ccc(C#N)cn23)ccc1Br. The predicted octanol–water partition coefficient (Wildman–Crippen LogP) is 3.34. The molecule has 4 nitrogen and oxygen atoms in total. The maximum atomic E-state index is 8.97. The minimum atomic E-state index is 0.586. The van der Waals surface area contributed by atoms with Crippen molar-refractivity contribution in [3.63, 3.8) is 0 Å². The lowest BCUT2D eigenvalue weighted by Crippen LogP contribution is -1.91. The Bertz CT molecular complexity index is 814. The van der Waals surface area contributed by atoms with Gasteiger partial charge in [0.25, 0.3) is 0 Å². The molecule has 0 unspecified atom stereocenters. The molecule has 0 aliphatic heterocycles. The van der Waals surface area contributed by atoms with Gasteiger partial charge in [-0.3, -0.25) is 4.40 Å². The molecule has 2 heterocycles. The van der Waals surface area contributed by atoms with E-state index in [-0.39, 0.29) is 0 Å². The van der Waals surface area contributed by atoms with Gasteiger partial charge in [-0.1, -0.05) is 22.0 Å². The van der Waals surface area contributed by atoms with Crippen LogP contribution in [0.5, 0.6) is 0 Å². The molecule has 0 spiro atoms. The lowest BCUT2D eigenvalue weighted by atomic mass is 10.1. The second-order valence-electron chi connectivity index (χ2n) is 4.25. The van der Waals surface area contributed by atoms with Crippen molar-refractivity contribution >= 4 is 21.6 Å². The first-order valence-electron chi connectivity index (χ1n) is 5.70. The van der Waals surface area contributed by atoms with Crippen molar-refractivity contribution in [1.82, 2.24) is 14.6 Å². The molecule has 0 aliphatic rings. The number of fused-ring (bicyclic) bond motifs is 1. The summed E-state index contributed by atoms with van der Waals surface area (Å²) in [6.45, 7) is 2.03. The fourth-order valence-corrected chi connectivity index (χ4v) is 2.18. The topological polar surface area (TPSA) is 54.0 Å². The molecule has 0 atom stereocenters. The summed E-state index contributed by atoms with van der Waals surface area (Å²) in [5.41, 5.74) is 3.42. The highest BCUT2D eigenvalue weighted by Crippen LogP contribution is 2.24. The number of hydrogen-bond donors (Lipinski definition) is 0. The summed E-state index contributed by atoms with van der Waals surface area (Å²) in [5.74, 6) is 0.739. The molecule has 0 radical (unpaired) electrons. The molecule has 1 aromatic carbocycles. The van der Waals surface area contributed by atoms with Gasteiger partial charge in [-0.15, -0.1) is 10.2 Å². The number of pyridine rings is 1. The number of rotatable bonds is 1. The number of aryl methyl sites for hydroxylation is 1. The summed E-state index contributed by atoms with van der Waals surface area (Å²) in [7, 11) is 0. The van der Waals surface area contributed by atoms with E-state index in [4.69, 9.17) is 5.26 Å². The summed E-state index contributed by atoms with van der Waals surface area (Å²) >= 11 is 3.48. The number of nitriles is 1. The Hall–Kier alpha value is -2.19. The van der Waals surface area contributed by atoms with Gasteiger partial charge in [0.1, 0.15) is 6.07 Å². The Balaban J connectivity index is 2.24. The van der Waals surface area contributed by atoms with Crippen molar-refractivity contribution in [1.29, 1.82) is 5.26 Å². The predicted molar refractivity (Wildman–Crippen MR) is 75.6 cm³/mol. The first kappa shape index (κ1) is 11.9. The van der Waals surface area contributed by atoms with E-state index in [9.17, 15) is 0 Å². The number of aromatic nitrogens is 3. The smallest absolute Gasteiger partial charge is 0.168 e. The first-order valence-corrected chi connectivity index (χ1v) is 6.50. The quantitative estimate of drug-likeness (QED) is 0.692. The van der Waals surface area contributed by atoms with Crippen LogP contribution in [0, 0.1) is 18.3 Å². The third kappa shape index (κ3) is 2.00. The molecule has 0 N–H and O–H groups in total. The average Bonchev–Trinajstić information content (AvgIpc) is 2.84. The van der Waals surface area contributed by atoms with Crippen LogP contribution in [0.25, 0.3) is 17.0 Å². The third-order valence-electron chi connectivity index (χ3n) is 2.95. The molecule has 3 rings (SSSR count). The highest BCUT2D eigenvalue weighted by atomic mass is 79.9. The fraction of sp³-hybridized carbons (Fsp3) is 0.0714. The highest BCUT2D eigenvalue weighted by molar-refractivity contribution is 9.10. The molecular formula is C14H9BrN4. The van der Waals surface area contributed by atoms with Gasteiger partial charge in [-0.2, -0.15) is 5.26 Å². The Morgan fingerprint density at radius 3 is 2.79 bits per heavy atom. The van der Waals surface area contributed by atoms with Gasteiger partial charge in [0, 0.05) is 16.2 Å². The number of benzene rings is 1. The van der Waals surface area contributed by atoms with Gasteiger partial charge in [-0.05, 0) is 36.8 Å². The van der Waals surface area contributed by atoms with Gasteiger partial charge in [0.05, 0.1) is 5.56 Å². The Morgan fingerprint density at radius 2 is 2.05 bits per heavy atom. The summed E-state index contributed by atoms with van der Waals surface area (Å²) in [4.78, 5) is 0. The first-order chi connectivity index (χ1) is 9.19. The maximum absolute atomic E-state index is 8.97. The van der Waals surface area contributed by atoms with Crippen LogP contribution >= 0.6 is 15.9 Å². The van der Waals surface area contributed by atoms with E-state index in [1.165, 1.54) is 0 Å². The molecule has 0 aliphatic carbocycles. The normalized spacial score (nSPS) is 10.6. The number of nitrogens with zero attached hydrogens (tertiary/aromatic N) is 4. The van der Waals surface area contributed by atoms with Crippen LogP contribution in [0.4, 0.5) is 0 Å².